The van der Waals surface area contributed by atoms with E-state index < -0.39 is 11.7 Å². The Kier molecular flexibility index (Phi) is 7.31. The summed E-state index contributed by atoms with van der Waals surface area (Å²) in [5.74, 6) is -0.157. The molecule has 1 fully saturated rings. The fourth-order valence-corrected chi connectivity index (χ4v) is 2.32. The molecule has 0 radical (unpaired) electrons. The van der Waals surface area contributed by atoms with E-state index in [9.17, 15) is 18.0 Å². The molecule has 23 heavy (non-hydrogen) atoms. The van der Waals surface area contributed by atoms with Gasteiger partial charge >= 0.3 is 6.18 Å². The predicted octanol–water partition coefficient (Wildman–Crippen LogP) is 2.68. The monoisotopic (exact) mass is 352 g/mol. The average Bonchev–Trinajstić information content (AvgIpc) is 2.47. The number of ether oxygens (including phenoxy) is 1. The third-order valence-electron chi connectivity index (χ3n) is 3.55. The van der Waals surface area contributed by atoms with Crippen LogP contribution in [-0.2, 0) is 15.7 Å². The molecule has 4 nitrogen and oxygen atoms in total. The summed E-state index contributed by atoms with van der Waals surface area (Å²) in [6.45, 7) is 3.58. The van der Waals surface area contributed by atoms with Gasteiger partial charge in [-0.15, -0.1) is 12.4 Å². The molecule has 2 atom stereocenters. The molecular formula is C15H20ClF3N2O2. The summed E-state index contributed by atoms with van der Waals surface area (Å²) in [7, 11) is 0. The van der Waals surface area contributed by atoms with E-state index in [1.54, 1.807) is 6.92 Å². The maximum absolute atomic E-state index is 12.5. The van der Waals surface area contributed by atoms with Gasteiger partial charge in [0.25, 0.3) is 0 Å². The zero-order valence-electron chi connectivity index (χ0n) is 12.7. The second-order valence-corrected chi connectivity index (χ2v) is 5.34. The Balaban J connectivity index is 0.00000264. The molecule has 1 saturated heterocycles. The van der Waals surface area contributed by atoms with Crippen molar-refractivity contribution >= 4 is 18.3 Å². The number of rotatable bonds is 4. The molecular weight excluding hydrogens is 333 g/mol. The van der Waals surface area contributed by atoms with Gasteiger partial charge in [0, 0.05) is 19.0 Å². The Bertz CT molecular complexity index is 502. The zero-order valence-corrected chi connectivity index (χ0v) is 13.5. The van der Waals surface area contributed by atoms with Crippen LogP contribution in [-0.4, -0.2) is 31.7 Å². The molecule has 1 heterocycles. The molecule has 1 aliphatic heterocycles. The first-order chi connectivity index (χ1) is 10.4. The first-order valence-electron chi connectivity index (χ1n) is 7.14. The zero-order chi connectivity index (χ0) is 16.2. The van der Waals surface area contributed by atoms with E-state index in [0.29, 0.717) is 25.3 Å². The number of carbonyl (C=O) groups is 1. The molecule has 1 aromatic carbocycles. The number of carbonyl (C=O) groups excluding carboxylic acids is 1. The maximum Gasteiger partial charge on any atom is 0.416 e. The van der Waals surface area contributed by atoms with Crippen LogP contribution in [0.15, 0.2) is 24.3 Å². The largest absolute Gasteiger partial charge is 0.416 e. The van der Waals surface area contributed by atoms with E-state index in [0.717, 1.165) is 12.1 Å². The normalized spacial score (nSPS) is 19.6. The number of alkyl halides is 3. The maximum atomic E-state index is 12.5. The van der Waals surface area contributed by atoms with Crippen molar-refractivity contribution in [3.05, 3.63) is 35.4 Å². The van der Waals surface area contributed by atoms with Gasteiger partial charge in [-0.25, -0.2) is 0 Å². The van der Waals surface area contributed by atoms with E-state index in [1.165, 1.54) is 12.1 Å². The number of hydrogen-bond acceptors (Lipinski definition) is 3. The van der Waals surface area contributed by atoms with E-state index in [1.807, 2.05) is 0 Å². The molecule has 0 spiro atoms. The summed E-state index contributed by atoms with van der Waals surface area (Å²) in [6, 6.07) is 4.45. The summed E-state index contributed by atoms with van der Waals surface area (Å²) in [6.07, 6.45) is -4.07. The first-order valence-corrected chi connectivity index (χ1v) is 7.14. The molecule has 0 aromatic heterocycles. The molecule has 2 unspecified atom stereocenters. The number of nitrogens with one attached hydrogen (secondary N) is 2. The van der Waals surface area contributed by atoms with Crippen LogP contribution in [0.2, 0.25) is 0 Å². The van der Waals surface area contributed by atoms with Crippen LogP contribution in [0.1, 0.15) is 30.5 Å². The van der Waals surface area contributed by atoms with Gasteiger partial charge in [0.05, 0.1) is 24.8 Å². The van der Waals surface area contributed by atoms with Crippen LogP contribution in [0.3, 0.4) is 0 Å². The van der Waals surface area contributed by atoms with Crippen LogP contribution < -0.4 is 10.6 Å². The van der Waals surface area contributed by atoms with E-state index in [4.69, 9.17) is 4.74 Å². The Labute approximate surface area is 139 Å². The average molecular weight is 353 g/mol. The van der Waals surface area contributed by atoms with Crippen LogP contribution in [0, 0.1) is 0 Å². The van der Waals surface area contributed by atoms with Crippen molar-refractivity contribution in [3.8, 4) is 0 Å². The minimum absolute atomic E-state index is 0. The Morgan fingerprint density at radius 2 is 2.04 bits per heavy atom. The smallest absolute Gasteiger partial charge is 0.378 e. The highest BCUT2D eigenvalue weighted by atomic mass is 35.5. The molecule has 130 valence electrons. The Morgan fingerprint density at radius 3 is 2.57 bits per heavy atom. The van der Waals surface area contributed by atoms with Gasteiger partial charge in [-0.2, -0.15) is 13.2 Å². The molecule has 1 amide bonds. The number of halogens is 4. The molecule has 0 aliphatic carbocycles. The SMILES string of the molecule is CC(NC(=O)CC1COCCN1)c1ccc(C(F)(F)F)cc1.Cl. The summed E-state index contributed by atoms with van der Waals surface area (Å²) >= 11 is 0. The van der Waals surface area contributed by atoms with Gasteiger partial charge in [0.15, 0.2) is 0 Å². The number of hydrogen-bond donors (Lipinski definition) is 2. The van der Waals surface area contributed by atoms with Gasteiger partial charge in [-0.1, -0.05) is 12.1 Å². The lowest BCUT2D eigenvalue weighted by Gasteiger charge is -2.24. The Hall–Kier alpha value is -1.31. The summed E-state index contributed by atoms with van der Waals surface area (Å²) in [4.78, 5) is 11.9. The lowest BCUT2D eigenvalue weighted by Crippen LogP contribution is -2.44. The van der Waals surface area contributed by atoms with Crippen molar-refractivity contribution in [3.63, 3.8) is 0 Å². The second kappa shape index (κ2) is 8.52. The van der Waals surface area contributed by atoms with Gasteiger partial charge in [-0.05, 0) is 24.6 Å². The van der Waals surface area contributed by atoms with E-state index in [2.05, 4.69) is 10.6 Å². The molecule has 0 bridgehead atoms. The topological polar surface area (TPSA) is 50.4 Å². The molecule has 2 N–H and O–H groups in total. The number of amides is 1. The molecule has 1 aliphatic rings. The molecule has 0 saturated carbocycles. The van der Waals surface area contributed by atoms with Crippen LogP contribution >= 0.6 is 12.4 Å². The standard InChI is InChI=1S/C15H19F3N2O2.ClH/c1-10(11-2-4-12(5-3-11)15(16,17)18)20-14(21)8-13-9-22-7-6-19-13;/h2-5,10,13,19H,6-9H2,1H3,(H,20,21);1H. The first kappa shape index (κ1) is 19.7. The summed E-state index contributed by atoms with van der Waals surface area (Å²) in [5, 5.41) is 5.96. The fraction of sp³-hybridized carbons (Fsp3) is 0.533. The second-order valence-electron chi connectivity index (χ2n) is 5.34. The predicted molar refractivity (Wildman–Crippen MR) is 82.5 cm³/mol. The third kappa shape index (κ3) is 6.01. The minimum Gasteiger partial charge on any atom is -0.378 e. The van der Waals surface area contributed by atoms with Gasteiger partial charge < -0.3 is 15.4 Å². The van der Waals surface area contributed by atoms with Gasteiger partial charge in [0.1, 0.15) is 0 Å². The van der Waals surface area contributed by atoms with Crippen molar-refractivity contribution in [2.45, 2.75) is 31.6 Å². The Morgan fingerprint density at radius 1 is 1.39 bits per heavy atom. The van der Waals surface area contributed by atoms with Crippen molar-refractivity contribution in [1.29, 1.82) is 0 Å². The summed E-state index contributed by atoms with van der Waals surface area (Å²) < 4.78 is 42.8. The van der Waals surface area contributed by atoms with Crippen LogP contribution in [0.25, 0.3) is 0 Å². The minimum atomic E-state index is -4.35. The quantitative estimate of drug-likeness (QED) is 0.876. The number of morpholine rings is 1. The van der Waals surface area contributed by atoms with Crippen LogP contribution in [0.4, 0.5) is 13.2 Å². The van der Waals surface area contributed by atoms with Gasteiger partial charge in [0.2, 0.25) is 5.91 Å². The van der Waals surface area contributed by atoms with Gasteiger partial charge in [-0.3, -0.25) is 4.79 Å². The van der Waals surface area contributed by atoms with Crippen LogP contribution in [0.5, 0.6) is 0 Å². The van der Waals surface area contributed by atoms with Crippen molar-refractivity contribution < 1.29 is 22.7 Å². The highest BCUT2D eigenvalue weighted by Gasteiger charge is 2.30. The highest BCUT2D eigenvalue weighted by Crippen LogP contribution is 2.29. The van der Waals surface area contributed by atoms with E-state index in [-0.39, 0.29) is 36.8 Å². The van der Waals surface area contributed by atoms with Crippen molar-refractivity contribution in [1.82, 2.24) is 10.6 Å². The fourth-order valence-electron chi connectivity index (χ4n) is 2.32. The third-order valence-corrected chi connectivity index (χ3v) is 3.55. The number of benzene rings is 1. The lowest BCUT2D eigenvalue weighted by atomic mass is 10.1. The lowest BCUT2D eigenvalue weighted by molar-refractivity contribution is -0.137. The summed E-state index contributed by atoms with van der Waals surface area (Å²) in [5.41, 5.74) is -0.0625. The molecule has 1 aromatic rings. The van der Waals surface area contributed by atoms with E-state index >= 15 is 0 Å². The van der Waals surface area contributed by atoms with Crippen molar-refractivity contribution in [2.75, 3.05) is 19.8 Å². The highest BCUT2D eigenvalue weighted by molar-refractivity contribution is 5.85. The molecule has 8 heteroatoms. The van der Waals surface area contributed by atoms with Crippen molar-refractivity contribution in [2.24, 2.45) is 0 Å². The molecule has 2 rings (SSSR count).